The molecule has 132 valence electrons. The molecule has 0 radical (unpaired) electrons. The number of aryl methyl sites for hydroxylation is 1. The maximum Gasteiger partial charge on any atom is 0.270 e. The van der Waals surface area contributed by atoms with Crippen molar-refractivity contribution in [3.8, 4) is 0 Å². The van der Waals surface area contributed by atoms with E-state index < -0.39 is 0 Å². The minimum absolute atomic E-state index is 0.202. The average Bonchev–Trinajstić information content (AvgIpc) is 2.66. The molecule has 26 heavy (non-hydrogen) atoms. The van der Waals surface area contributed by atoms with Gasteiger partial charge >= 0.3 is 0 Å². The molecule has 0 bridgehead atoms. The van der Waals surface area contributed by atoms with E-state index in [-0.39, 0.29) is 5.91 Å². The van der Waals surface area contributed by atoms with Crippen LogP contribution in [-0.4, -0.2) is 22.4 Å². The molecule has 0 aliphatic heterocycles. The van der Waals surface area contributed by atoms with Gasteiger partial charge in [-0.1, -0.05) is 42.5 Å². The van der Waals surface area contributed by atoms with Gasteiger partial charge < -0.3 is 10.6 Å². The normalized spacial score (nSPS) is 10.4. The molecule has 0 saturated carbocycles. The fourth-order valence-electron chi connectivity index (χ4n) is 2.63. The number of rotatable bonds is 6. The first-order chi connectivity index (χ1) is 12.6. The first-order valence-electron chi connectivity index (χ1n) is 8.61. The number of anilines is 2. The van der Waals surface area contributed by atoms with Gasteiger partial charge in [0.05, 0.1) is 0 Å². The Balaban J connectivity index is 1.63. The zero-order chi connectivity index (χ0) is 18.4. The Labute approximate surface area is 153 Å². The zero-order valence-electron chi connectivity index (χ0n) is 15.0. The maximum absolute atomic E-state index is 12.3. The third-order valence-corrected chi connectivity index (χ3v) is 4.31. The summed E-state index contributed by atoms with van der Waals surface area (Å²) in [6.45, 7) is 4.68. The maximum atomic E-state index is 12.3. The summed E-state index contributed by atoms with van der Waals surface area (Å²) >= 11 is 0. The van der Waals surface area contributed by atoms with Crippen molar-refractivity contribution in [2.45, 2.75) is 20.3 Å². The SMILES string of the molecule is Cc1cccc(Nc2cc(C(=O)NCCc3ccccc3)ncn2)c1C. The van der Waals surface area contributed by atoms with Crippen molar-refractivity contribution < 1.29 is 4.79 Å². The lowest BCUT2D eigenvalue weighted by Crippen LogP contribution is -2.26. The molecule has 3 aromatic rings. The second-order valence-corrected chi connectivity index (χ2v) is 6.15. The van der Waals surface area contributed by atoms with E-state index in [1.165, 1.54) is 17.5 Å². The molecule has 0 saturated heterocycles. The average molecular weight is 346 g/mol. The third kappa shape index (κ3) is 4.45. The molecule has 1 heterocycles. The van der Waals surface area contributed by atoms with Crippen LogP contribution in [0.4, 0.5) is 11.5 Å². The zero-order valence-corrected chi connectivity index (χ0v) is 15.0. The van der Waals surface area contributed by atoms with Crippen molar-refractivity contribution in [1.29, 1.82) is 0 Å². The van der Waals surface area contributed by atoms with E-state index in [4.69, 9.17) is 0 Å². The van der Waals surface area contributed by atoms with Gasteiger partial charge in [-0.3, -0.25) is 4.79 Å². The minimum atomic E-state index is -0.202. The molecule has 3 rings (SSSR count). The van der Waals surface area contributed by atoms with Crippen LogP contribution in [-0.2, 0) is 6.42 Å². The Morgan fingerprint density at radius 1 is 1.00 bits per heavy atom. The number of benzene rings is 2. The first kappa shape index (κ1) is 17.6. The van der Waals surface area contributed by atoms with Gasteiger partial charge in [0.25, 0.3) is 5.91 Å². The van der Waals surface area contributed by atoms with E-state index in [2.05, 4.69) is 40.5 Å². The van der Waals surface area contributed by atoms with Crippen molar-refractivity contribution in [3.05, 3.63) is 83.3 Å². The molecular formula is C21H22N4O. The first-order valence-corrected chi connectivity index (χ1v) is 8.61. The Hall–Kier alpha value is -3.21. The van der Waals surface area contributed by atoms with Crippen LogP contribution >= 0.6 is 0 Å². The fourth-order valence-corrected chi connectivity index (χ4v) is 2.63. The highest BCUT2D eigenvalue weighted by molar-refractivity contribution is 5.93. The van der Waals surface area contributed by atoms with Crippen molar-refractivity contribution in [3.63, 3.8) is 0 Å². The van der Waals surface area contributed by atoms with Gasteiger partial charge in [-0.25, -0.2) is 9.97 Å². The molecule has 5 heteroatoms. The summed E-state index contributed by atoms with van der Waals surface area (Å²) in [4.78, 5) is 20.6. The van der Waals surface area contributed by atoms with Crippen molar-refractivity contribution >= 4 is 17.4 Å². The fraction of sp³-hybridized carbons (Fsp3) is 0.190. The topological polar surface area (TPSA) is 66.9 Å². The molecule has 0 spiro atoms. The summed E-state index contributed by atoms with van der Waals surface area (Å²) in [6.07, 6.45) is 2.19. The second kappa shape index (κ2) is 8.25. The summed E-state index contributed by atoms with van der Waals surface area (Å²) in [5.41, 5.74) is 4.86. The molecule has 5 nitrogen and oxygen atoms in total. The van der Waals surface area contributed by atoms with Crippen LogP contribution in [0.25, 0.3) is 0 Å². The number of carbonyl (C=O) groups is 1. The van der Waals surface area contributed by atoms with Gasteiger partial charge in [-0.15, -0.1) is 0 Å². The third-order valence-electron chi connectivity index (χ3n) is 4.31. The van der Waals surface area contributed by atoms with Gasteiger partial charge in [0.2, 0.25) is 0 Å². The Morgan fingerprint density at radius 3 is 2.62 bits per heavy atom. The van der Waals surface area contributed by atoms with Crippen LogP contribution in [0.15, 0.2) is 60.9 Å². The Kier molecular flexibility index (Phi) is 5.59. The number of nitrogens with zero attached hydrogens (tertiary/aromatic N) is 2. The quantitative estimate of drug-likeness (QED) is 0.712. The van der Waals surface area contributed by atoms with E-state index in [0.717, 1.165) is 17.7 Å². The lowest BCUT2D eigenvalue weighted by Gasteiger charge is -2.11. The van der Waals surface area contributed by atoms with Gasteiger partial charge in [-0.2, -0.15) is 0 Å². The molecule has 0 aliphatic carbocycles. The lowest BCUT2D eigenvalue weighted by atomic mass is 10.1. The van der Waals surface area contributed by atoms with Gasteiger partial charge in [0, 0.05) is 18.3 Å². The number of amides is 1. The van der Waals surface area contributed by atoms with Gasteiger partial charge in [0.15, 0.2) is 0 Å². The molecule has 1 aromatic heterocycles. The molecule has 1 amide bonds. The predicted octanol–water partition coefficient (Wildman–Crippen LogP) is 3.81. The molecule has 0 unspecified atom stereocenters. The Morgan fingerprint density at radius 2 is 1.81 bits per heavy atom. The van der Waals surface area contributed by atoms with Gasteiger partial charge in [-0.05, 0) is 43.0 Å². The molecular weight excluding hydrogens is 324 g/mol. The monoisotopic (exact) mass is 346 g/mol. The van der Waals surface area contributed by atoms with Crippen molar-refractivity contribution in [2.75, 3.05) is 11.9 Å². The van der Waals surface area contributed by atoms with E-state index >= 15 is 0 Å². The molecule has 2 N–H and O–H groups in total. The van der Waals surface area contributed by atoms with E-state index in [1.807, 2.05) is 42.5 Å². The summed E-state index contributed by atoms with van der Waals surface area (Å²) < 4.78 is 0. The Bertz CT molecular complexity index is 894. The standard InChI is InChI=1S/C21H22N4O/c1-15-7-6-10-18(16(15)2)25-20-13-19(23-14-24-20)21(26)22-12-11-17-8-4-3-5-9-17/h3-10,13-14H,11-12H2,1-2H3,(H,22,26)(H,23,24,25). The number of hydrogen-bond donors (Lipinski definition) is 2. The summed E-state index contributed by atoms with van der Waals surface area (Å²) in [6, 6.07) is 17.8. The molecule has 0 aliphatic rings. The summed E-state index contributed by atoms with van der Waals surface area (Å²) in [7, 11) is 0. The van der Waals surface area contributed by atoms with Crippen LogP contribution in [0.5, 0.6) is 0 Å². The van der Waals surface area contributed by atoms with Crippen LogP contribution in [0.3, 0.4) is 0 Å². The summed E-state index contributed by atoms with van der Waals surface area (Å²) in [5, 5.41) is 6.16. The molecule has 0 fully saturated rings. The molecule has 0 atom stereocenters. The highest BCUT2D eigenvalue weighted by Gasteiger charge is 2.09. The van der Waals surface area contributed by atoms with Crippen LogP contribution in [0.1, 0.15) is 27.2 Å². The number of aromatic nitrogens is 2. The van der Waals surface area contributed by atoms with E-state index in [9.17, 15) is 4.79 Å². The summed E-state index contributed by atoms with van der Waals surface area (Å²) in [5.74, 6) is 0.397. The second-order valence-electron chi connectivity index (χ2n) is 6.15. The minimum Gasteiger partial charge on any atom is -0.350 e. The number of nitrogens with one attached hydrogen (secondary N) is 2. The van der Waals surface area contributed by atoms with Crippen molar-refractivity contribution in [1.82, 2.24) is 15.3 Å². The van der Waals surface area contributed by atoms with E-state index in [0.29, 0.717) is 18.1 Å². The van der Waals surface area contributed by atoms with Crippen molar-refractivity contribution in [2.24, 2.45) is 0 Å². The molecule has 2 aromatic carbocycles. The van der Waals surface area contributed by atoms with Crippen LogP contribution in [0, 0.1) is 13.8 Å². The largest absolute Gasteiger partial charge is 0.350 e. The highest BCUT2D eigenvalue weighted by Crippen LogP contribution is 2.21. The highest BCUT2D eigenvalue weighted by atomic mass is 16.1. The lowest BCUT2D eigenvalue weighted by molar-refractivity contribution is 0.0949. The number of hydrogen-bond acceptors (Lipinski definition) is 4. The number of carbonyl (C=O) groups excluding carboxylic acids is 1. The smallest absolute Gasteiger partial charge is 0.270 e. The van der Waals surface area contributed by atoms with E-state index in [1.54, 1.807) is 6.07 Å². The van der Waals surface area contributed by atoms with Crippen LogP contribution in [0.2, 0.25) is 0 Å². The predicted molar refractivity (Wildman–Crippen MR) is 104 cm³/mol. The van der Waals surface area contributed by atoms with Crippen LogP contribution < -0.4 is 10.6 Å². The van der Waals surface area contributed by atoms with Gasteiger partial charge in [0.1, 0.15) is 17.8 Å².